The van der Waals surface area contributed by atoms with Crippen molar-refractivity contribution in [2.24, 2.45) is 0 Å². The molecule has 0 spiro atoms. The van der Waals surface area contributed by atoms with E-state index in [2.05, 4.69) is 38.8 Å². The van der Waals surface area contributed by atoms with Gasteiger partial charge in [-0.25, -0.2) is 4.79 Å². The van der Waals surface area contributed by atoms with Gasteiger partial charge in [0.15, 0.2) is 8.32 Å². The topological polar surface area (TPSA) is 88.7 Å². The molecule has 0 bridgehead atoms. The summed E-state index contributed by atoms with van der Waals surface area (Å²) in [5.74, 6) is 0. The number of pyridine rings is 1. The average molecular weight is 442 g/mol. The summed E-state index contributed by atoms with van der Waals surface area (Å²) < 4.78 is 6.84. The Bertz CT molecular complexity index is 881. The summed E-state index contributed by atoms with van der Waals surface area (Å²) in [4.78, 5) is 18.3. The summed E-state index contributed by atoms with van der Waals surface area (Å²) in [6.45, 7) is 11.0. The number of likely N-dealkylation sites (tertiary alicyclic amines) is 1. The molecule has 1 aromatic heterocycles. The van der Waals surface area contributed by atoms with E-state index in [-0.39, 0.29) is 23.2 Å². The number of rotatable bonds is 6. The molecule has 7 heteroatoms. The lowest BCUT2D eigenvalue weighted by Gasteiger charge is -2.42. The minimum absolute atomic E-state index is 0.0173. The molecule has 3 rings (SSSR count). The standard InChI is InChI=1S/C24H35N3O3Si/c1-24(2,3)31(4,5)30-22(18-7-6-14-26-16-18)21-13-12-20(27(21)23(28)29)15-17-8-10-19(25)11-9-17/h6-11,14,16,20-22H,12-13,15,25H2,1-5H3,(H,28,29)/t20-,21+,22+/m0/s1. The molecule has 1 saturated heterocycles. The monoisotopic (exact) mass is 441 g/mol. The van der Waals surface area contributed by atoms with Crippen molar-refractivity contribution < 1.29 is 14.3 Å². The first-order valence-electron chi connectivity index (χ1n) is 10.9. The average Bonchev–Trinajstić information content (AvgIpc) is 3.11. The maximum atomic E-state index is 12.4. The summed E-state index contributed by atoms with van der Waals surface area (Å²) in [5.41, 5.74) is 8.55. The van der Waals surface area contributed by atoms with Crippen LogP contribution in [0.1, 0.15) is 50.8 Å². The fourth-order valence-corrected chi connectivity index (χ4v) is 5.32. The quantitative estimate of drug-likeness (QED) is 0.458. The molecule has 1 aliphatic rings. The highest BCUT2D eigenvalue weighted by atomic mass is 28.4. The van der Waals surface area contributed by atoms with Crippen LogP contribution in [0.15, 0.2) is 48.8 Å². The smallest absolute Gasteiger partial charge is 0.407 e. The lowest BCUT2D eigenvalue weighted by molar-refractivity contribution is 0.0597. The first kappa shape index (κ1) is 23.3. The number of hydrogen-bond donors (Lipinski definition) is 2. The molecule has 2 aromatic rings. The van der Waals surface area contributed by atoms with Crippen LogP contribution in [0, 0.1) is 0 Å². The molecule has 0 aliphatic carbocycles. The Morgan fingerprint density at radius 2 is 1.94 bits per heavy atom. The molecule has 31 heavy (non-hydrogen) atoms. The predicted octanol–water partition coefficient (Wildman–Crippen LogP) is 5.48. The maximum absolute atomic E-state index is 12.4. The first-order chi connectivity index (χ1) is 14.5. The van der Waals surface area contributed by atoms with E-state index in [0.29, 0.717) is 12.1 Å². The highest BCUT2D eigenvalue weighted by Crippen LogP contribution is 2.44. The van der Waals surface area contributed by atoms with Gasteiger partial charge in [-0.3, -0.25) is 9.88 Å². The van der Waals surface area contributed by atoms with Gasteiger partial charge in [-0.1, -0.05) is 39.0 Å². The van der Waals surface area contributed by atoms with Crippen LogP contribution < -0.4 is 5.73 Å². The molecular weight excluding hydrogens is 406 g/mol. The molecule has 1 aromatic carbocycles. The van der Waals surface area contributed by atoms with Crippen molar-refractivity contribution in [3.63, 3.8) is 0 Å². The third-order valence-electron chi connectivity index (χ3n) is 6.81. The van der Waals surface area contributed by atoms with Crippen LogP contribution in [0.5, 0.6) is 0 Å². The summed E-state index contributed by atoms with van der Waals surface area (Å²) in [7, 11) is -2.15. The number of anilines is 1. The van der Waals surface area contributed by atoms with Crippen LogP contribution in [0.3, 0.4) is 0 Å². The van der Waals surface area contributed by atoms with Gasteiger partial charge >= 0.3 is 6.09 Å². The fraction of sp³-hybridized carbons (Fsp3) is 0.500. The van der Waals surface area contributed by atoms with Crippen LogP contribution in [0.25, 0.3) is 0 Å². The van der Waals surface area contributed by atoms with Gasteiger partial charge in [-0.2, -0.15) is 0 Å². The molecule has 1 aliphatic heterocycles. The Morgan fingerprint density at radius 3 is 2.48 bits per heavy atom. The van der Waals surface area contributed by atoms with E-state index in [1.807, 2.05) is 42.6 Å². The van der Waals surface area contributed by atoms with Crippen LogP contribution in [-0.2, 0) is 10.8 Å². The van der Waals surface area contributed by atoms with Gasteiger partial charge in [0.2, 0.25) is 0 Å². The molecule has 0 unspecified atom stereocenters. The molecule has 3 atom stereocenters. The molecule has 0 saturated carbocycles. The largest absolute Gasteiger partial charge is 0.465 e. The van der Waals surface area contributed by atoms with Crippen molar-refractivity contribution >= 4 is 20.1 Å². The van der Waals surface area contributed by atoms with Crippen LogP contribution >= 0.6 is 0 Å². The van der Waals surface area contributed by atoms with Gasteiger partial charge in [-0.05, 0) is 66.7 Å². The molecule has 1 amide bonds. The second kappa shape index (κ2) is 9.00. The van der Waals surface area contributed by atoms with E-state index in [1.165, 1.54) is 0 Å². The molecule has 3 N–H and O–H groups in total. The van der Waals surface area contributed by atoms with Crippen molar-refractivity contribution in [1.29, 1.82) is 0 Å². The minimum Gasteiger partial charge on any atom is -0.465 e. The second-order valence-electron chi connectivity index (χ2n) is 10.0. The number of nitrogens with zero attached hydrogens (tertiary/aromatic N) is 2. The van der Waals surface area contributed by atoms with Crippen LogP contribution in [-0.4, -0.2) is 41.5 Å². The second-order valence-corrected chi connectivity index (χ2v) is 14.8. The Kier molecular flexibility index (Phi) is 6.76. The fourth-order valence-electron chi connectivity index (χ4n) is 4.04. The number of amides is 1. The Balaban J connectivity index is 1.92. The Morgan fingerprint density at radius 1 is 1.26 bits per heavy atom. The van der Waals surface area contributed by atoms with Gasteiger partial charge in [0.1, 0.15) is 0 Å². The predicted molar refractivity (Wildman–Crippen MR) is 126 cm³/mol. The van der Waals surface area contributed by atoms with Crippen LogP contribution in [0.4, 0.5) is 10.5 Å². The maximum Gasteiger partial charge on any atom is 0.407 e. The van der Waals surface area contributed by atoms with E-state index >= 15 is 0 Å². The van der Waals surface area contributed by atoms with E-state index in [0.717, 1.165) is 24.0 Å². The summed E-state index contributed by atoms with van der Waals surface area (Å²) in [5, 5.41) is 10.2. The molecular formula is C24H35N3O3Si. The lowest BCUT2D eigenvalue weighted by atomic mass is 10.0. The van der Waals surface area contributed by atoms with Crippen LogP contribution in [0.2, 0.25) is 18.1 Å². The zero-order chi connectivity index (χ0) is 22.8. The number of hydrogen-bond acceptors (Lipinski definition) is 4. The number of benzene rings is 1. The van der Waals surface area contributed by atoms with Gasteiger partial charge in [0.05, 0.1) is 12.1 Å². The minimum atomic E-state index is -2.15. The van der Waals surface area contributed by atoms with Gasteiger partial charge < -0.3 is 15.3 Å². The Labute approximate surface area is 186 Å². The molecule has 2 heterocycles. The summed E-state index contributed by atoms with van der Waals surface area (Å²) >= 11 is 0. The number of carboxylic acid groups (broad SMARTS) is 1. The Hall–Kier alpha value is -2.38. The number of aromatic nitrogens is 1. The summed E-state index contributed by atoms with van der Waals surface area (Å²) in [6.07, 6.45) is 4.56. The van der Waals surface area contributed by atoms with Crippen molar-refractivity contribution in [3.8, 4) is 0 Å². The van der Waals surface area contributed by atoms with E-state index in [4.69, 9.17) is 10.2 Å². The number of nitrogens with two attached hydrogens (primary N) is 1. The zero-order valence-corrected chi connectivity index (χ0v) is 20.2. The molecule has 6 nitrogen and oxygen atoms in total. The van der Waals surface area contributed by atoms with Crippen molar-refractivity contribution in [2.75, 3.05) is 5.73 Å². The molecule has 0 radical (unpaired) electrons. The van der Waals surface area contributed by atoms with E-state index in [9.17, 15) is 9.90 Å². The summed E-state index contributed by atoms with van der Waals surface area (Å²) in [6, 6.07) is 11.3. The van der Waals surface area contributed by atoms with Gasteiger partial charge in [0, 0.05) is 24.1 Å². The number of nitrogen functional groups attached to an aromatic ring is 1. The molecule has 1 fully saturated rings. The van der Waals surface area contributed by atoms with E-state index in [1.54, 1.807) is 11.1 Å². The lowest BCUT2D eigenvalue weighted by Crippen LogP contribution is -2.49. The highest BCUT2D eigenvalue weighted by Gasteiger charge is 2.46. The van der Waals surface area contributed by atoms with Crippen molar-refractivity contribution in [2.45, 2.75) is 76.4 Å². The normalized spacial score (nSPS) is 20.6. The third kappa shape index (κ3) is 5.27. The number of carbonyl (C=O) groups is 1. The third-order valence-corrected chi connectivity index (χ3v) is 11.3. The van der Waals surface area contributed by atoms with Crippen molar-refractivity contribution in [1.82, 2.24) is 9.88 Å². The van der Waals surface area contributed by atoms with Gasteiger partial charge in [0.25, 0.3) is 0 Å². The van der Waals surface area contributed by atoms with Gasteiger partial charge in [-0.15, -0.1) is 0 Å². The van der Waals surface area contributed by atoms with E-state index < -0.39 is 14.4 Å². The SMILES string of the molecule is CC(C)(C)[Si](C)(C)O[C@H](c1cccnc1)[C@H]1CC[C@@H](Cc2ccc(N)cc2)N1C(=O)O. The van der Waals surface area contributed by atoms with Crippen molar-refractivity contribution in [3.05, 3.63) is 59.9 Å². The highest BCUT2D eigenvalue weighted by molar-refractivity contribution is 6.74. The molecule has 168 valence electrons. The first-order valence-corrected chi connectivity index (χ1v) is 13.8. The zero-order valence-electron chi connectivity index (χ0n) is 19.2.